The lowest BCUT2D eigenvalue weighted by Gasteiger charge is -2.09. The van der Waals surface area contributed by atoms with Crippen molar-refractivity contribution >= 4 is 11.6 Å². The van der Waals surface area contributed by atoms with Crippen LogP contribution in [0.4, 0.5) is 18.9 Å². The van der Waals surface area contributed by atoms with E-state index in [0.29, 0.717) is 24.3 Å². The Bertz CT molecular complexity index is 441. The zero-order valence-corrected chi connectivity index (χ0v) is 11.5. The second kappa shape index (κ2) is 7.21. The Kier molecular flexibility index (Phi) is 5.91. The van der Waals surface area contributed by atoms with E-state index in [9.17, 15) is 18.0 Å². The fraction of sp³-hybridized carbons (Fsp3) is 0.615. The van der Waals surface area contributed by atoms with Crippen molar-refractivity contribution in [1.82, 2.24) is 9.88 Å². The molecule has 0 spiro atoms. The van der Waals surface area contributed by atoms with Crippen molar-refractivity contribution in [3.05, 3.63) is 18.0 Å². The van der Waals surface area contributed by atoms with E-state index < -0.39 is 12.6 Å². The largest absolute Gasteiger partial charge is 0.397 e. The third-order valence-electron chi connectivity index (χ3n) is 2.79. The monoisotopic (exact) mass is 291 g/mol. The highest BCUT2D eigenvalue weighted by Crippen LogP contribution is 2.21. The van der Waals surface area contributed by atoms with Crippen molar-refractivity contribution in [3.63, 3.8) is 0 Å². The van der Waals surface area contributed by atoms with Gasteiger partial charge in [0.1, 0.15) is 5.69 Å². The minimum absolute atomic E-state index is 0.0158. The summed E-state index contributed by atoms with van der Waals surface area (Å²) in [6.45, 7) is 2.88. The normalized spacial score (nSPS) is 11.6. The third kappa shape index (κ3) is 5.54. The number of halogens is 3. The van der Waals surface area contributed by atoms with Crippen molar-refractivity contribution in [2.75, 3.05) is 12.3 Å². The highest BCUT2D eigenvalue weighted by molar-refractivity contribution is 5.93. The summed E-state index contributed by atoms with van der Waals surface area (Å²) in [7, 11) is 0. The Morgan fingerprint density at radius 3 is 2.70 bits per heavy atom. The van der Waals surface area contributed by atoms with Crippen LogP contribution < -0.4 is 11.1 Å². The molecule has 0 aromatic carbocycles. The minimum atomic E-state index is -4.13. The second-order valence-electron chi connectivity index (χ2n) is 4.68. The van der Waals surface area contributed by atoms with Crippen molar-refractivity contribution in [2.24, 2.45) is 0 Å². The standard InChI is InChI=1S/C13H20F3N3O/c1-2-7-19-9-10(17)8-11(19)12(20)18-6-4-3-5-13(14,15)16/h8-9H,2-7,17H2,1H3,(H,18,20). The summed E-state index contributed by atoms with van der Waals surface area (Å²) in [5.74, 6) is -0.304. The summed E-state index contributed by atoms with van der Waals surface area (Å²) in [5, 5.41) is 2.61. The maximum atomic E-state index is 11.9. The number of unbranched alkanes of at least 4 members (excludes halogenated alkanes) is 1. The number of amides is 1. The molecule has 1 amide bonds. The number of aryl methyl sites for hydroxylation is 1. The summed E-state index contributed by atoms with van der Waals surface area (Å²) < 4.78 is 37.6. The van der Waals surface area contributed by atoms with Gasteiger partial charge in [0, 0.05) is 25.7 Å². The molecule has 0 atom stereocenters. The Balaban J connectivity index is 2.39. The molecule has 20 heavy (non-hydrogen) atoms. The Labute approximate surface area is 116 Å². The van der Waals surface area contributed by atoms with Gasteiger partial charge in [-0.2, -0.15) is 13.2 Å². The molecule has 1 aromatic heterocycles. The molecule has 4 nitrogen and oxygen atoms in total. The van der Waals surface area contributed by atoms with E-state index >= 15 is 0 Å². The van der Waals surface area contributed by atoms with Crippen LogP contribution in [-0.2, 0) is 6.54 Å². The van der Waals surface area contributed by atoms with Crippen LogP contribution in [0.15, 0.2) is 12.3 Å². The predicted molar refractivity (Wildman–Crippen MR) is 71.4 cm³/mol. The number of aromatic nitrogens is 1. The van der Waals surface area contributed by atoms with Crippen LogP contribution in [0.5, 0.6) is 0 Å². The van der Waals surface area contributed by atoms with Crippen molar-refractivity contribution in [1.29, 1.82) is 0 Å². The van der Waals surface area contributed by atoms with E-state index in [1.165, 1.54) is 0 Å². The van der Waals surface area contributed by atoms with Crippen molar-refractivity contribution in [2.45, 2.75) is 45.3 Å². The van der Waals surface area contributed by atoms with Gasteiger partial charge in [-0.1, -0.05) is 6.92 Å². The number of hydrogen-bond acceptors (Lipinski definition) is 2. The van der Waals surface area contributed by atoms with E-state index in [0.717, 1.165) is 6.42 Å². The summed E-state index contributed by atoms with van der Waals surface area (Å²) in [6.07, 6.45) is -2.09. The molecule has 1 rings (SSSR count). The molecule has 0 aliphatic carbocycles. The summed E-state index contributed by atoms with van der Waals surface area (Å²) in [6, 6.07) is 1.57. The molecule has 0 saturated carbocycles. The van der Waals surface area contributed by atoms with E-state index in [-0.39, 0.29) is 18.9 Å². The van der Waals surface area contributed by atoms with Crippen LogP contribution in [0.3, 0.4) is 0 Å². The number of anilines is 1. The number of nitrogens with two attached hydrogens (primary N) is 1. The lowest BCUT2D eigenvalue weighted by Crippen LogP contribution is -2.27. The van der Waals surface area contributed by atoms with E-state index in [2.05, 4.69) is 5.32 Å². The molecule has 0 fully saturated rings. The molecular weight excluding hydrogens is 271 g/mol. The first kappa shape index (κ1) is 16.4. The Morgan fingerprint density at radius 1 is 1.40 bits per heavy atom. The Morgan fingerprint density at radius 2 is 2.10 bits per heavy atom. The molecule has 1 heterocycles. The average Bonchev–Trinajstić information content (AvgIpc) is 2.69. The van der Waals surface area contributed by atoms with Gasteiger partial charge in [0.2, 0.25) is 0 Å². The topological polar surface area (TPSA) is 60.0 Å². The number of alkyl halides is 3. The van der Waals surface area contributed by atoms with Gasteiger partial charge >= 0.3 is 6.18 Å². The molecule has 0 aliphatic rings. The number of rotatable bonds is 7. The lowest BCUT2D eigenvalue weighted by atomic mass is 10.2. The van der Waals surface area contributed by atoms with Crippen LogP contribution in [0.1, 0.15) is 43.1 Å². The number of nitrogens with zero attached hydrogens (tertiary/aromatic N) is 1. The molecule has 3 N–H and O–H groups in total. The average molecular weight is 291 g/mol. The van der Waals surface area contributed by atoms with Gasteiger partial charge in [-0.05, 0) is 25.3 Å². The number of nitrogen functional groups attached to an aromatic ring is 1. The van der Waals surface area contributed by atoms with Gasteiger partial charge in [0.15, 0.2) is 0 Å². The smallest absolute Gasteiger partial charge is 0.389 e. The number of hydrogen-bond donors (Lipinski definition) is 2. The molecule has 114 valence electrons. The number of carbonyl (C=O) groups is 1. The first-order chi connectivity index (χ1) is 9.33. The SMILES string of the molecule is CCCn1cc(N)cc1C(=O)NCCCCC(F)(F)F. The van der Waals surface area contributed by atoms with Gasteiger partial charge < -0.3 is 15.6 Å². The van der Waals surface area contributed by atoms with Crippen LogP contribution >= 0.6 is 0 Å². The van der Waals surface area contributed by atoms with Gasteiger partial charge in [-0.3, -0.25) is 4.79 Å². The maximum absolute atomic E-state index is 11.9. The number of nitrogens with one attached hydrogen (secondary N) is 1. The van der Waals surface area contributed by atoms with E-state index in [1.807, 2.05) is 6.92 Å². The fourth-order valence-electron chi connectivity index (χ4n) is 1.89. The number of carbonyl (C=O) groups excluding carboxylic acids is 1. The highest BCUT2D eigenvalue weighted by Gasteiger charge is 2.25. The van der Waals surface area contributed by atoms with E-state index in [1.54, 1.807) is 16.8 Å². The van der Waals surface area contributed by atoms with Crippen LogP contribution in [0.25, 0.3) is 0 Å². The quantitative estimate of drug-likeness (QED) is 0.759. The zero-order chi connectivity index (χ0) is 15.2. The van der Waals surface area contributed by atoms with Gasteiger partial charge in [-0.15, -0.1) is 0 Å². The van der Waals surface area contributed by atoms with Gasteiger partial charge in [-0.25, -0.2) is 0 Å². The first-order valence-corrected chi connectivity index (χ1v) is 6.64. The molecule has 0 unspecified atom stereocenters. The Hall–Kier alpha value is -1.66. The highest BCUT2D eigenvalue weighted by atomic mass is 19.4. The molecule has 0 saturated heterocycles. The molecule has 1 aromatic rings. The summed E-state index contributed by atoms with van der Waals surface area (Å²) in [5.41, 5.74) is 6.59. The fourth-order valence-corrected chi connectivity index (χ4v) is 1.89. The second-order valence-corrected chi connectivity index (χ2v) is 4.68. The van der Waals surface area contributed by atoms with E-state index in [4.69, 9.17) is 5.73 Å². The molecule has 7 heteroatoms. The van der Waals surface area contributed by atoms with Crippen molar-refractivity contribution in [3.8, 4) is 0 Å². The zero-order valence-electron chi connectivity index (χ0n) is 11.5. The van der Waals surface area contributed by atoms with Gasteiger partial charge in [0.25, 0.3) is 5.91 Å². The van der Waals surface area contributed by atoms with Crippen molar-refractivity contribution < 1.29 is 18.0 Å². The minimum Gasteiger partial charge on any atom is -0.397 e. The van der Waals surface area contributed by atoms with Crippen LogP contribution in [0.2, 0.25) is 0 Å². The third-order valence-corrected chi connectivity index (χ3v) is 2.79. The van der Waals surface area contributed by atoms with Gasteiger partial charge in [0.05, 0.1) is 5.69 Å². The predicted octanol–water partition coefficient (Wildman–Crippen LogP) is 2.94. The molecule has 0 radical (unpaired) electrons. The molecule has 0 bridgehead atoms. The maximum Gasteiger partial charge on any atom is 0.389 e. The summed E-state index contributed by atoms with van der Waals surface area (Å²) in [4.78, 5) is 11.9. The lowest BCUT2D eigenvalue weighted by molar-refractivity contribution is -0.135. The van der Waals surface area contributed by atoms with Crippen LogP contribution in [-0.4, -0.2) is 23.2 Å². The molecular formula is C13H20F3N3O. The summed E-state index contributed by atoms with van der Waals surface area (Å²) >= 11 is 0. The van der Waals surface area contributed by atoms with Crippen LogP contribution in [0, 0.1) is 0 Å². The molecule has 0 aliphatic heterocycles. The first-order valence-electron chi connectivity index (χ1n) is 6.64.